The number of sulfonamides is 1. The van der Waals surface area contributed by atoms with Gasteiger partial charge in [0.15, 0.2) is 0 Å². The van der Waals surface area contributed by atoms with Crippen molar-refractivity contribution in [3.05, 3.63) is 24.3 Å². The Labute approximate surface area is 126 Å². The van der Waals surface area contributed by atoms with Crippen LogP contribution in [0.4, 0.5) is 0 Å². The van der Waals surface area contributed by atoms with Gasteiger partial charge in [0.25, 0.3) is 0 Å². The third-order valence-corrected chi connectivity index (χ3v) is 5.54. The number of nitrogens with one attached hydrogen (secondary N) is 1. The molecular weight excluding hydrogens is 290 g/mol. The van der Waals surface area contributed by atoms with Gasteiger partial charge >= 0.3 is 0 Å². The Balaban J connectivity index is 2.09. The Bertz CT molecular complexity index is 566. The Morgan fingerprint density at radius 3 is 2.52 bits per heavy atom. The summed E-state index contributed by atoms with van der Waals surface area (Å²) in [5.41, 5.74) is -0.00273. The van der Waals surface area contributed by atoms with Gasteiger partial charge in [0.1, 0.15) is 12.4 Å². The van der Waals surface area contributed by atoms with Crippen LogP contribution in [0.1, 0.15) is 33.1 Å². The second-order valence-corrected chi connectivity index (χ2v) is 7.81. The summed E-state index contributed by atoms with van der Waals surface area (Å²) in [5, 5.41) is 8.69. The lowest BCUT2D eigenvalue weighted by atomic mass is 9.88. The van der Waals surface area contributed by atoms with Crippen LogP contribution in [0, 0.1) is 5.41 Å². The van der Waals surface area contributed by atoms with Gasteiger partial charge in [0.2, 0.25) is 10.0 Å². The van der Waals surface area contributed by atoms with Crippen LogP contribution in [-0.2, 0) is 10.0 Å². The second-order valence-electron chi connectivity index (χ2n) is 6.10. The van der Waals surface area contributed by atoms with Crippen molar-refractivity contribution < 1.29 is 18.3 Å². The van der Waals surface area contributed by atoms with E-state index in [1.807, 2.05) is 0 Å². The fourth-order valence-electron chi connectivity index (χ4n) is 2.68. The molecule has 1 aromatic rings. The molecule has 0 amide bonds. The molecule has 118 valence electrons. The highest BCUT2D eigenvalue weighted by Crippen LogP contribution is 2.37. The summed E-state index contributed by atoms with van der Waals surface area (Å²) in [4.78, 5) is 0.238. The molecule has 0 radical (unpaired) electrons. The van der Waals surface area contributed by atoms with Crippen LogP contribution in [0.2, 0.25) is 0 Å². The number of hydrogen-bond acceptors (Lipinski definition) is 4. The van der Waals surface area contributed by atoms with Crippen molar-refractivity contribution in [3.8, 4) is 5.75 Å². The molecule has 2 N–H and O–H groups in total. The average Bonchev–Trinajstić information content (AvgIpc) is 2.75. The van der Waals surface area contributed by atoms with E-state index < -0.39 is 10.0 Å². The predicted molar refractivity (Wildman–Crippen MR) is 80.8 cm³/mol. The Kier molecular flexibility index (Phi) is 4.91. The summed E-state index contributed by atoms with van der Waals surface area (Å²) in [5.74, 6) is 0.546. The van der Waals surface area contributed by atoms with Crippen molar-refractivity contribution in [1.29, 1.82) is 0 Å². The van der Waals surface area contributed by atoms with Crippen molar-refractivity contribution >= 4 is 10.0 Å². The van der Waals surface area contributed by atoms with Crippen LogP contribution in [0.3, 0.4) is 0 Å². The number of rotatable bonds is 6. The number of aliphatic hydroxyl groups excluding tert-OH is 1. The Morgan fingerprint density at radius 1 is 1.33 bits per heavy atom. The van der Waals surface area contributed by atoms with Crippen LogP contribution in [0.15, 0.2) is 29.2 Å². The molecule has 1 aliphatic carbocycles. The Morgan fingerprint density at radius 2 is 2.00 bits per heavy atom. The third-order valence-electron chi connectivity index (χ3n) is 4.05. The number of hydrogen-bond donors (Lipinski definition) is 2. The first kappa shape index (κ1) is 16.3. The molecule has 1 unspecified atom stereocenters. The fourth-order valence-corrected chi connectivity index (χ4v) is 4.12. The SMILES string of the molecule is CC1(C)CCCC1NS(=O)(=O)c1ccc(OCCO)cc1. The molecule has 1 saturated carbocycles. The molecule has 0 spiro atoms. The van der Waals surface area contributed by atoms with E-state index in [-0.39, 0.29) is 29.6 Å². The number of ether oxygens (including phenoxy) is 1. The maximum Gasteiger partial charge on any atom is 0.240 e. The van der Waals surface area contributed by atoms with Crippen LogP contribution in [0.25, 0.3) is 0 Å². The summed E-state index contributed by atoms with van der Waals surface area (Å²) in [6, 6.07) is 6.23. The van der Waals surface area contributed by atoms with Gasteiger partial charge in [-0.25, -0.2) is 13.1 Å². The highest BCUT2D eigenvalue weighted by atomic mass is 32.2. The topological polar surface area (TPSA) is 75.6 Å². The van der Waals surface area contributed by atoms with Crippen molar-refractivity contribution in [1.82, 2.24) is 4.72 Å². The van der Waals surface area contributed by atoms with Gasteiger partial charge in [-0.3, -0.25) is 0 Å². The summed E-state index contributed by atoms with van der Waals surface area (Å²) in [7, 11) is -3.51. The maximum absolute atomic E-state index is 12.4. The third kappa shape index (κ3) is 3.96. The van der Waals surface area contributed by atoms with Gasteiger partial charge in [0.05, 0.1) is 11.5 Å². The van der Waals surface area contributed by atoms with E-state index in [0.717, 1.165) is 19.3 Å². The summed E-state index contributed by atoms with van der Waals surface area (Å²) >= 11 is 0. The zero-order valence-electron chi connectivity index (χ0n) is 12.5. The summed E-state index contributed by atoms with van der Waals surface area (Å²) < 4.78 is 32.9. The van der Waals surface area contributed by atoms with Gasteiger partial charge in [-0.15, -0.1) is 0 Å². The normalized spacial score (nSPS) is 21.4. The van der Waals surface area contributed by atoms with Crippen LogP contribution < -0.4 is 9.46 Å². The number of benzene rings is 1. The zero-order valence-corrected chi connectivity index (χ0v) is 13.3. The minimum atomic E-state index is -3.51. The highest BCUT2D eigenvalue weighted by Gasteiger charge is 2.37. The molecule has 1 aromatic carbocycles. The van der Waals surface area contributed by atoms with Gasteiger partial charge in [-0.05, 0) is 42.5 Å². The molecule has 0 aromatic heterocycles. The molecule has 21 heavy (non-hydrogen) atoms. The minimum absolute atomic E-state index is 0.00273. The van der Waals surface area contributed by atoms with E-state index in [2.05, 4.69) is 18.6 Å². The standard InChI is InChI=1S/C15H23NO4S/c1-15(2)9-3-4-14(15)16-21(18,19)13-7-5-12(6-8-13)20-11-10-17/h5-8,14,16-17H,3-4,9-11H2,1-2H3. The Hall–Kier alpha value is -1.11. The lowest BCUT2D eigenvalue weighted by Gasteiger charge is -2.27. The zero-order chi connectivity index (χ0) is 15.5. The highest BCUT2D eigenvalue weighted by molar-refractivity contribution is 7.89. The lowest BCUT2D eigenvalue weighted by molar-refractivity contribution is 0.201. The van der Waals surface area contributed by atoms with Gasteiger partial charge in [-0.1, -0.05) is 20.3 Å². The van der Waals surface area contributed by atoms with E-state index in [1.165, 1.54) is 12.1 Å². The molecular formula is C15H23NO4S. The molecule has 5 nitrogen and oxygen atoms in total. The van der Waals surface area contributed by atoms with E-state index in [9.17, 15) is 8.42 Å². The van der Waals surface area contributed by atoms with Gasteiger partial charge in [-0.2, -0.15) is 0 Å². The van der Waals surface area contributed by atoms with E-state index in [1.54, 1.807) is 12.1 Å². The predicted octanol–water partition coefficient (Wildman–Crippen LogP) is 1.91. The largest absolute Gasteiger partial charge is 0.491 e. The van der Waals surface area contributed by atoms with Crippen LogP contribution >= 0.6 is 0 Å². The van der Waals surface area contributed by atoms with Crippen molar-refractivity contribution in [2.45, 2.75) is 44.0 Å². The first-order valence-corrected chi connectivity index (χ1v) is 8.69. The van der Waals surface area contributed by atoms with E-state index >= 15 is 0 Å². The first-order chi connectivity index (χ1) is 9.85. The van der Waals surface area contributed by atoms with Crippen LogP contribution in [-0.4, -0.2) is 32.8 Å². The average molecular weight is 313 g/mol. The van der Waals surface area contributed by atoms with E-state index in [4.69, 9.17) is 9.84 Å². The molecule has 6 heteroatoms. The molecule has 1 aliphatic rings. The molecule has 1 fully saturated rings. The van der Waals surface area contributed by atoms with E-state index in [0.29, 0.717) is 5.75 Å². The first-order valence-electron chi connectivity index (χ1n) is 7.21. The molecule has 2 rings (SSSR count). The minimum Gasteiger partial charge on any atom is -0.491 e. The second kappa shape index (κ2) is 6.34. The smallest absolute Gasteiger partial charge is 0.240 e. The quantitative estimate of drug-likeness (QED) is 0.841. The lowest BCUT2D eigenvalue weighted by Crippen LogP contribution is -2.41. The van der Waals surface area contributed by atoms with Crippen molar-refractivity contribution in [2.24, 2.45) is 5.41 Å². The number of aliphatic hydroxyl groups is 1. The molecule has 1 atom stereocenters. The molecule has 0 bridgehead atoms. The maximum atomic E-state index is 12.4. The van der Waals surface area contributed by atoms with Gasteiger partial charge in [0, 0.05) is 6.04 Å². The summed E-state index contributed by atoms with van der Waals surface area (Å²) in [6.07, 6.45) is 2.96. The summed E-state index contributed by atoms with van der Waals surface area (Å²) in [6.45, 7) is 4.32. The molecule has 0 aliphatic heterocycles. The monoisotopic (exact) mass is 313 g/mol. The van der Waals surface area contributed by atoms with Crippen molar-refractivity contribution in [3.63, 3.8) is 0 Å². The molecule has 0 saturated heterocycles. The van der Waals surface area contributed by atoms with Crippen molar-refractivity contribution in [2.75, 3.05) is 13.2 Å². The van der Waals surface area contributed by atoms with Crippen LogP contribution in [0.5, 0.6) is 5.75 Å². The molecule has 0 heterocycles. The fraction of sp³-hybridized carbons (Fsp3) is 0.600. The van der Waals surface area contributed by atoms with Gasteiger partial charge < -0.3 is 9.84 Å².